The van der Waals surface area contributed by atoms with Crippen molar-refractivity contribution in [2.24, 2.45) is 10.8 Å². The highest BCUT2D eigenvalue weighted by Crippen LogP contribution is 2.49. The maximum absolute atomic E-state index is 12.6. The summed E-state index contributed by atoms with van der Waals surface area (Å²) < 4.78 is 24.5. The number of halogens is 4. The highest BCUT2D eigenvalue weighted by Gasteiger charge is 2.51. The molecule has 2 aliphatic carbocycles. The molecule has 4 fully saturated rings. The Balaban J connectivity index is 0.000000184. The van der Waals surface area contributed by atoms with Crippen molar-refractivity contribution in [2.75, 3.05) is 26.4 Å². The number of benzene rings is 4. The van der Waals surface area contributed by atoms with Crippen LogP contribution in [0.1, 0.15) is 67.6 Å². The Hall–Kier alpha value is -2.39. The lowest BCUT2D eigenvalue weighted by molar-refractivity contribution is -0.191. The Labute approximate surface area is 316 Å². The fourth-order valence-corrected chi connectivity index (χ4v) is 7.87. The second-order valence-corrected chi connectivity index (χ2v) is 16.0. The standard InChI is InChI=1S/C19H16BrClO3.C19H18BrClO2.2CH4/c20-13-3-6-17(21)16(7-13)18(22)12-1-4-14(5-2-12)24-15-8-19(9-15)10-23-11-19;20-15-3-6-18(21)14(8-15)7-13-1-4-16(5-2-13)23-17-9-19(10-17)11-22-12-19;;/h1-7,15H,8-11H2;1-6,8,17H,7,9-12H2;2*1H4. The van der Waals surface area contributed by atoms with Gasteiger partial charge in [0.1, 0.15) is 23.7 Å². The van der Waals surface area contributed by atoms with Crippen molar-refractivity contribution in [1.29, 1.82) is 0 Å². The van der Waals surface area contributed by atoms with E-state index in [4.69, 9.17) is 42.1 Å². The lowest BCUT2D eigenvalue weighted by Gasteiger charge is -2.52. The second-order valence-electron chi connectivity index (χ2n) is 13.3. The van der Waals surface area contributed by atoms with Gasteiger partial charge >= 0.3 is 0 Å². The summed E-state index contributed by atoms with van der Waals surface area (Å²) in [6.07, 6.45) is 5.80. The van der Waals surface area contributed by atoms with Crippen LogP contribution in [0.15, 0.2) is 93.9 Å². The molecule has 2 saturated carbocycles. The molecule has 260 valence electrons. The lowest BCUT2D eigenvalue weighted by atomic mass is 9.65. The molecule has 0 amide bonds. The van der Waals surface area contributed by atoms with Gasteiger partial charge in [-0.25, -0.2) is 0 Å². The van der Waals surface area contributed by atoms with Gasteiger partial charge in [0.25, 0.3) is 0 Å². The first-order valence-electron chi connectivity index (χ1n) is 15.8. The maximum atomic E-state index is 12.6. The van der Waals surface area contributed by atoms with E-state index in [1.807, 2.05) is 30.3 Å². The van der Waals surface area contributed by atoms with Crippen LogP contribution in [0.4, 0.5) is 0 Å². The molecule has 0 atom stereocenters. The summed E-state index contributed by atoms with van der Waals surface area (Å²) in [6.45, 7) is 3.57. The zero-order chi connectivity index (χ0) is 32.6. The van der Waals surface area contributed by atoms with E-state index in [1.54, 1.807) is 24.3 Å². The number of carbonyl (C=O) groups is 1. The fourth-order valence-electron chi connectivity index (χ4n) is 6.71. The van der Waals surface area contributed by atoms with Crippen LogP contribution < -0.4 is 9.47 Å². The molecule has 8 rings (SSSR count). The minimum Gasteiger partial charge on any atom is -0.490 e. The SMILES string of the molecule is C.C.Clc1ccc(Br)cc1Cc1ccc(OC2CC3(COC3)C2)cc1.O=C(c1ccc(OC2CC3(COC3)C2)cc1)c1cc(Br)ccc1Cl. The van der Waals surface area contributed by atoms with Crippen LogP contribution in [0.5, 0.6) is 11.5 Å². The van der Waals surface area contributed by atoms with Crippen LogP contribution >= 0.6 is 55.1 Å². The van der Waals surface area contributed by atoms with E-state index in [1.165, 1.54) is 5.56 Å². The third-order valence-corrected chi connectivity index (χ3v) is 11.2. The number of carbonyl (C=O) groups excluding carboxylic acids is 1. The minimum absolute atomic E-state index is 0. The van der Waals surface area contributed by atoms with Gasteiger partial charge in [-0.05, 0) is 116 Å². The molecule has 2 spiro atoms. The van der Waals surface area contributed by atoms with Gasteiger partial charge in [-0.3, -0.25) is 4.79 Å². The summed E-state index contributed by atoms with van der Waals surface area (Å²) in [5.74, 6) is 1.66. The molecule has 0 aromatic heterocycles. The number of ketones is 1. The van der Waals surface area contributed by atoms with Crippen molar-refractivity contribution >= 4 is 60.8 Å². The van der Waals surface area contributed by atoms with Crippen LogP contribution in [-0.4, -0.2) is 44.4 Å². The smallest absolute Gasteiger partial charge is 0.194 e. The third-order valence-electron chi connectivity index (χ3n) is 9.50. The molecule has 0 N–H and O–H groups in total. The summed E-state index contributed by atoms with van der Waals surface area (Å²) in [5, 5.41) is 1.25. The normalized spacial score (nSPS) is 19.3. The topological polar surface area (TPSA) is 54.0 Å². The van der Waals surface area contributed by atoms with Gasteiger partial charge in [0.2, 0.25) is 0 Å². The van der Waals surface area contributed by atoms with Gasteiger partial charge in [0.05, 0.1) is 31.5 Å². The molecule has 9 heteroatoms. The summed E-state index contributed by atoms with van der Waals surface area (Å²) in [6, 6.07) is 26.9. The molecule has 2 saturated heterocycles. The number of hydrogen-bond acceptors (Lipinski definition) is 5. The molecule has 5 nitrogen and oxygen atoms in total. The zero-order valence-electron chi connectivity index (χ0n) is 25.7. The molecule has 0 unspecified atom stereocenters. The lowest BCUT2D eigenvalue weighted by Crippen LogP contribution is -2.56. The number of ether oxygens (including phenoxy) is 4. The Bertz CT molecular complexity index is 1740. The highest BCUT2D eigenvalue weighted by atomic mass is 79.9. The molecule has 4 aromatic carbocycles. The molecule has 0 radical (unpaired) electrons. The number of hydrogen-bond donors (Lipinski definition) is 0. The molecule has 0 bridgehead atoms. The largest absolute Gasteiger partial charge is 0.490 e. The van der Waals surface area contributed by atoms with Crippen LogP contribution in [-0.2, 0) is 15.9 Å². The molecule has 49 heavy (non-hydrogen) atoms. The third kappa shape index (κ3) is 8.74. The molecule has 4 aliphatic rings. The van der Waals surface area contributed by atoms with Crippen LogP contribution in [0.2, 0.25) is 10.0 Å². The monoisotopic (exact) mass is 830 g/mol. The Morgan fingerprint density at radius 1 is 0.673 bits per heavy atom. The van der Waals surface area contributed by atoms with Crippen LogP contribution in [0.25, 0.3) is 0 Å². The van der Waals surface area contributed by atoms with Crippen molar-refractivity contribution in [3.05, 3.63) is 126 Å². The first kappa shape index (κ1) is 37.9. The summed E-state index contributed by atoms with van der Waals surface area (Å²) in [5.41, 5.74) is 4.28. The average Bonchev–Trinajstić information content (AvgIpc) is 2.99. The van der Waals surface area contributed by atoms with Gasteiger partial charge in [-0.2, -0.15) is 0 Å². The van der Waals surface area contributed by atoms with Gasteiger partial charge in [0, 0.05) is 35.9 Å². The van der Waals surface area contributed by atoms with Crippen LogP contribution in [0, 0.1) is 10.8 Å². The maximum Gasteiger partial charge on any atom is 0.194 e. The fraction of sp³-hybridized carbons (Fsp3) is 0.375. The summed E-state index contributed by atoms with van der Waals surface area (Å²) in [7, 11) is 0. The van der Waals surface area contributed by atoms with Crippen molar-refractivity contribution in [1.82, 2.24) is 0 Å². The first-order valence-corrected chi connectivity index (χ1v) is 18.1. The zero-order valence-corrected chi connectivity index (χ0v) is 30.3. The van der Waals surface area contributed by atoms with Crippen molar-refractivity contribution in [3.63, 3.8) is 0 Å². The van der Waals surface area contributed by atoms with E-state index in [9.17, 15) is 4.79 Å². The number of rotatable bonds is 8. The molecular weight excluding hydrogens is 791 g/mol. The van der Waals surface area contributed by atoms with Crippen molar-refractivity contribution in [2.45, 2.75) is 59.2 Å². The van der Waals surface area contributed by atoms with E-state index < -0.39 is 0 Å². The Kier molecular flexibility index (Phi) is 12.3. The molecule has 2 heterocycles. The molecule has 4 aromatic rings. The first-order chi connectivity index (χ1) is 22.7. The predicted octanol–water partition coefficient (Wildman–Crippen LogP) is 11.4. The summed E-state index contributed by atoms with van der Waals surface area (Å²) in [4.78, 5) is 12.6. The van der Waals surface area contributed by atoms with Crippen LogP contribution in [0.3, 0.4) is 0 Å². The van der Waals surface area contributed by atoms with Gasteiger partial charge in [-0.15, -0.1) is 0 Å². The van der Waals surface area contributed by atoms with E-state index >= 15 is 0 Å². The van der Waals surface area contributed by atoms with E-state index in [0.717, 1.165) is 89.6 Å². The van der Waals surface area contributed by atoms with Gasteiger partial charge < -0.3 is 18.9 Å². The van der Waals surface area contributed by atoms with E-state index in [2.05, 4.69) is 62.2 Å². The van der Waals surface area contributed by atoms with Crippen molar-refractivity contribution in [3.8, 4) is 11.5 Å². The van der Waals surface area contributed by atoms with Gasteiger partial charge in [0.15, 0.2) is 5.78 Å². The predicted molar refractivity (Wildman–Crippen MR) is 205 cm³/mol. The minimum atomic E-state index is -0.0953. The van der Waals surface area contributed by atoms with E-state index in [0.29, 0.717) is 33.1 Å². The quantitative estimate of drug-likeness (QED) is 0.166. The summed E-state index contributed by atoms with van der Waals surface area (Å²) >= 11 is 19.3. The molecular formula is C40H42Br2Cl2O5. The second kappa shape index (κ2) is 15.9. The van der Waals surface area contributed by atoms with Crippen molar-refractivity contribution < 1.29 is 23.7 Å². The Morgan fingerprint density at radius 2 is 1.14 bits per heavy atom. The average molecular weight is 833 g/mol. The Morgan fingerprint density at radius 3 is 1.63 bits per heavy atom. The van der Waals surface area contributed by atoms with E-state index in [-0.39, 0.29) is 26.7 Å². The highest BCUT2D eigenvalue weighted by molar-refractivity contribution is 9.10. The van der Waals surface area contributed by atoms with Gasteiger partial charge in [-0.1, -0.05) is 82.0 Å². The molecule has 2 aliphatic heterocycles.